The molecule has 10 nitrogen and oxygen atoms in total. The summed E-state index contributed by atoms with van der Waals surface area (Å²) in [5.74, 6) is -0.295. The molecule has 0 radical (unpaired) electrons. The van der Waals surface area contributed by atoms with Crippen molar-refractivity contribution in [1.29, 1.82) is 0 Å². The number of nitrogens with two attached hydrogens (primary N) is 2. The number of pyridine rings is 3. The van der Waals surface area contributed by atoms with Gasteiger partial charge in [0.05, 0.1) is 60.0 Å². The Bertz CT molecular complexity index is 1470. The van der Waals surface area contributed by atoms with Crippen molar-refractivity contribution in [2.45, 2.75) is 37.5 Å². The summed E-state index contributed by atoms with van der Waals surface area (Å²) >= 11 is 0. The number of alkyl halides is 2. The van der Waals surface area contributed by atoms with Crippen LogP contribution >= 0.6 is 0 Å². The van der Waals surface area contributed by atoms with Crippen LogP contribution in [0.5, 0.6) is 5.75 Å². The molecule has 0 saturated carbocycles. The van der Waals surface area contributed by atoms with Crippen LogP contribution in [-0.2, 0) is 6.54 Å². The Morgan fingerprint density at radius 3 is 2.74 bits per heavy atom. The second-order valence-electron chi connectivity index (χ2n) is 9.34. The van der Waals surface area contributed by atoms with E-state index in [-0.39, 0.29) is 31.1 Å². The van der Waals surface area contributed by atoms with E-state index in [1.165, 1.54) is 19.4 Å². The predicted molar refractivity (Wildman–Crippen MR) is 135 cm³/mol. The number of imidazole rings is 1. The molecule has 5 heterocycles. The molecule has 1 aliphatic heterocycles. The lowest BCUT2D eigenvalue weighted by atomic mass is 9.84. The molecular weight excluding hydrogens is 501 g/mol. The highest BCUT2D eigenvalue weighted by molar-refractivity contribution is 5.84. The van der Waals surface area contributed by atoms with Crippen LogP contribution in [0.4, 0.5) is 24.7 Å². The maximum Gasteiger partial charge on any atom is 0.265 e. The van der Waals surface area contributed by atoms with Gasteiger partial charge in [0.2, 0.25) is 0 Å². The third kappa shape index (κ3) is 4.70. The molecule has 0 unspecified atom stereocenters. The summed E-state index contributed by atoms with van der Waals surface area (Å²) in [7, 11) is 1.35. The van der Waals surface area contributed by atoms with E-state index < -0.39 is 23.9 Å². The quantitative estimate of drug-likeness (QED) is 0.330. The van der Waals surface area contributed by atoms with Gasteiger partial charge in [-0.1, -0.05) is 0 Å². The number of methoxy groups -OCH3 is 1. The second kappa shape index (κ2) is 10.1. The first kappa shape index (κ1) is 25.7. The number of nitrogens with zero attached hydrogens (tertiary/aromatic N) is 6. The van der Waals surface area contributed by atoms with Crippen LogP contribution in [0.15, 0.2) is 43.0 Å². The minimum Gasteiger partial charge on any atom is -0.492 e. The van der Waals surface area contributed by atoms with Gasteiger partial charge in [0, 0.05) is 25.4 Å². The molecule has 4 aromatic heterocycles. The largest absolute Gasteiger partial charge is 0.492 e. The van der Waals surface area contributed by atoms with E-state index in [1.54, 1.807) is 30.7 Å². The number of hydrogen-bond donors (Lipinski definition) is 3. The number of aliphatic hydroxyl groups excluding tert-OH is 1. The number of rotatable bonds is 7. The molecule has 5 rings (SSSR count). The average Bonchev–Trinajstić information content (AvgIpc) is 3.32. The standard InChI is InChI=1S/C25H27F3N8O2/c1-38-20-10-32-16(9-14(20)26)15-3-4-18(35-8-2-6-25(30,12-35)22(37)23(27)28)17(34-15)11-36-13-33-21-19(36)5-7-31-24(21)29/h3-5,7,9-10,13,22-23,37H,2,6,8,11-12,30H2,1H3,(H2,29,31)/t22-,25-/m1/s1. The maximum atomic E-state index is 14.4. The van der Waals surface area contributed by atoms with E-state index in [2.05, 4.69) is 15.0 Å². The van der Waals surface area contributed by atoms with Crippen LogP contribution in [0.25, 0.3) is 22.4 Å². The van der Waals surface area contributed by atoms with Gasteiger partial charge in [0.1, 0.15) is 11.6 Å². The zero-order valence-electron chi connectivity index (χ0n) is 20.6. The zero-order valence-corrected chi connectivity index (χ0v) is 20.6. The monoisotopic (exact) mass is 528 g/mol. The lowest BCUT2D eigenvalue weighted by molar-refractivity contribution is -0.0529. The van der Waals surface area contributed by atoms with Crippen LogP contribution in [-0.4, -0.2) is 67.9 Å². The van der Waals surface area contributed by atoms with Gasteiger partial charge in [-0.3, -0.25) is 4.98 Å². The van der Waals surface area contributed by atoms with E-state index in [0.29, 0.717) is 41.3 Å². The van der Waals surface area contributed by atoms with E-state index in [1.807, 2.05) is 9.47 Å². The number of ether oxygens (including phenoxy) is 1. The van der Waals surface area contributed by atoms with Crippen LogP contribution < -0.4 is 21.1 Å². The van der Waals surface area contributed by atoms with Gasteiger partial charge in [0.25, 0.3) is 6.43 Å². The van der Waals surface area contributed by atoms with Crippen LogP contribution in [0.2, 0.25) is 0 Å². The molecule has 38 heavy (non-hydrogen) atoms. The predicted octanol–water partition coefficient (Wildman–Crippen LogP) is 2.59. The summed E-state index contributed by atoms with van der Waals surface area (Å²) in [6.07, 6.45) is 0.276. The summed E-state index contributed by atoms with van der Waals surface area (Å²) in [6.45, 7) is 0.761. The molecule has 5 N–H and O–H groups in total. The fourth-order valence-corrected chi connectivity index (χ4v) is 4.86. The van der Waals surface area contributed by atoms with Crippen molar-refractivity contribution >= 4 is 22.5 Å². The van der Waals surface area contributed by atoms with Crippen molar-refractivity contribution in [3.63, 3.8) is 0 Å². The van der Waals surface area contributed by atoms with Crippen molar-refractivity contribution in [3.8, 4) is 17.1 Å². The number of hydrogen-bond acceptors (Lipinski definition) is 9. The van der Waals surface area contributed by atoms with Crippen molar-refractivity contribution in [2.75, 3.05) is 30.8 Å². The van der Waals surface area contributed by atoms with E-state index >= 15 is 0 Å². The average molecular weight is 529 g/mol. The fraction of sp³-hybridized carbons (Fsp3) is 0.360. The number of nitrogen functional groups attached to an aromatic ring is 1. The number of aliphatic hydroxyl groups is 1. The topological polar surface area (TPSA) is 141 Å². The molecular formula is C25H27F3N8O2. The lowest BCUT2D eigenvalue weighted by Gasteiger charge is -2.44. The SMILES string of the molecule is COc1cnc(-c2ccc(N3CCC[C@](N)([C@H](O)C(F)F)C3)c(Cn3cnc4c(N)nccc43)n2)cc1F. The third-order valence-electron chi connectivity index (χ3n) is 6.86. The van der Waals surface area contributed by atoms with Crippen LogP contribution in [0.3, 0.4) is 0 Å². The van der Waals surface area contributed by atoms with E-state index in [4.69, 9.17) is 21.2 Å². The lowest BCUT2D eigenvalue weighted by Crippen LogP contribution is -2.63. The van der Waals surface area contributed by atoms with Crippen molar-refractivity contribution in [1.82, 2.24) is 24.5 Å². The molecule has 0 amide bonds. The second-order valence-corrected chi connectivity index (χ2v) is 9.34. The van der Waals surface area contributed by atoms with E-state index in [0.717, 1.165) is 5.52 Å². The molecule has 0 aliphatic carbocycles. The number of anilines is 2. The highest BCUT2D eigenvalue weighted by Crippen LogP contribution is 2.33. The summed E-state index contributed by atoms with van der Waals surface area (Å²) in [6, 6.07) is 6.45. The highest BCUT2D eigenvalue weighted by atomic mass is 19.3. The first-order valence-corrected chi connectivity index (χ1v) is 12.0. The Balaban J connectivity index is 1.57. The van der Waals surface area contributed by atoms with Crippen LogP contribution in [0.1, 0.15) is 18.5 Å². The van der Waals surface area contributed by atoms with Gasteiger partial charge in [-0.2, -0.15) is 0 Å². The Hall–Kier alpha value is -3.97. The molecule has 13 heteroatoms. The Kier molecular flexibility index (Phi) is 6.80. The Morgan fingerprint density at radius 1 is 1.18 bits per heavy atom. The van der Waals surface area contributed by atoms with Gasteiger partial charge in [-0.05, 0) is 31.0 Å². The summed E-state index contributed by atoms with van der Waals surface area (Å²) in [4.78, 5) is 19.3. The van der Waals surface area contributed by atoms with Crippen molar-refractivity contribution < 1.29 is 23.0 Å². The minimum absolute atomic E-state index is 0.00346. The first-order chi connectivity index (χ1) is 18.2. The highest BCUT2D eigenvalue weighted by Gasteiger charge is 2.43. The first-order valence-electron chi connectivity index (χ1n) is 12.0. The summed E-state index contributed by atoms with van der Waals surface area (Å²) in [5, 5.41) is 10.2. The molecule has 1 fully saturated rings. The van der Waals surface area contributed by atoms with Gasteiger partial charge in [-0.25, -0.2) is 28.1 Å². The molecule has 0 bridgehead atoms. The maximum absolute atomic E-state index is 14.4. The number of aromatic nitrogens is 5. The fourth-order valence-electron chi connectivity index (χ4n) is 4.86. The molecule has 0 aromatic carbocycles. The van der Waals surface area contributed by atoms with E-state index in [9.17, 15) is 18.3 Å². The smallest absolute Gasteiger partial charge is 0.265 e. The van der Waals surface area contributed by atoms with Gasteiger partial charge >= 0.3 is 0 Å². The van der Waals surface area contributed by atoms with Gasteiger partial charge in [-0.15, -0.1) is 0 Å². The molecule has 0 spiro atoms. The number of fused-ring (bicyclic) bond motifs is 1. The molecule has 2 atom stereocenters. The number of piperidine rings is 1. The van der Waals surface area contributed by atoms with Crippen LogP contribution in [0, 0.1) is 5.82 Å². The van der Waals surface area contributed by atoms with Gasteiger partial charge in [0.15, 0.2) is 17.4 Å². The normalized spacial score (nSPS) is 18.8. The van der Waals surface area contributed by atoms with Gasteiger partial charge < -0.3 is 30.8 Å². The molecule has 200 valence electrons. The molecule has 4 aromatic rings. The Morgan fingerprint density at radius 2 is 2.00 bits per heavy atom. The summed E-state index contributed by atoms with van der Waals surface area (Å²) in [5.41, 5.74) is 13.9. The van der Waals surface area contributed by atoms with Crippen molar-refractivity contribution in [3.05, 3.63) is 54.5 Å². The molecule has 1 saturated heterocycles. The van der Waals surface area contributed by atoms with Crippen molar-refractivity contribution in [2.24, 2.45) is 5.73 Å². The number of halogens is 3. The Labute approximate surface area is 216 Å². The minimum atomic E-state index is -2.97. The zero-order chi connectivity index (χ0) is 27.0. The third-order valence-corrected chi connectivity index (χ3v) is 6.86. The summed E-state index contributed by atoms with van der Waals surface area (Å²) < 4.78 is 48.0. The molecule has 1 aliphatic rings.